The number of sulfonamides is 2. The Morgan fingerprint density at radius 1 is 0.686 bits per heavy atom. The Balaban J connectivity index is 0.000000200. The quantitative estimate of drug-likeness (QED) is 0.0524. The lowest BCUT2D eigenvalue weighted by Crippen LogP contribution is -2.24. The molecule has 0 amide bonds. The number of benzene rings is 2. The standard InChI is InChI=1S/C22H20ClN3O5S.C19H15BrClN3O5S.C3H7BO2.2H3P/c1-30-20-11-16(13-2-3-13)17(23)12-19(20)26-18-6-5-15(10-14(18)4-7-22(26)27)32(28,29)25-21-8-9-31-24-21;1-28-17-9-13(20)14(21)10-16(17)24-15-4-3-12(8-11(15)2-5-19(24)25)30(26,27)23-18-6-7-29-22-18;5-4(6)3-1-2-3;;/h4-11,13,17H,2-3,12H2,1H3,(H,24,25);2-9,14H,10H2,1H3,(H,22,23);3,5-6H,1-2H2;2*1H3/t17-;14-;;;/m11.../s1. The van der Waals surface area contributed by atoms with Crippen molar-refractivity contribution < 1.29 is 45.4 Å². The second-order valence-electron chi connectivity index (χ2n) is 16.0. The van der Waals surface area contributed by atoms with E-state index in [1.807, 2.05) is 6.08 Å². The maximum absolute atomic E-state index is 12.9. The molecule has 2 fully saturated rings. The number of alkyl halides is 2. The van der Waals surface area contributed by atoms with E-state index in [0.717, 1.165) is 35.7 Å². The molecule has 10 rings (SSSR count). The molecule has 4 aromatic heterocycles. The first-order chi connectivity index (χ1) is 32.5. The zero-order chi connectivity index (χ0) is 48.5. The minimum absolute atomic E-state index is 0. The summed E-state index contributed by atoms with van der Waals surface area (Å²) >= 11 is 16.4. The minimum atomic E-state index is -3.89. The van der Waals surface area contributed by atoms with Crippen LogP contribution in [0.3, 0.4) is 0 Å². The zero-order valence-electron chi connectivity index (χ0n) is 37.5. The lowest BCUT2D eigenvalue weighted by atomic mass is 9.84. The molecule has 0 aliphatic heterocycles. The van der Waals surface area contributed by atoms with Gasteiger partial charge in [-0.25, -0.2) is 16.8 Å². The first kappa shape index (κ1) is 54.6. The number of anilines is 2. The Kier molecular flexibility index (Phi) is 17.7. The molecule has 4 N–H and O–H groups in total. The van der Waals surface area contributed by atoms with Crippen molar-refractivity contribution in [1.29, 1.82) is 0 Å². The number of rotatable bonds is 12. The van der Waals surface area contributed by atoms with Crippen LogP contribution in [-0.2, 0) is 29.5 Å². The molecule has 26 heteroatoms. The number of hydrogen-bond donors (Lipinski definition) is 4. The van der Waals surface area contributed by atoms with Crippen LogP contribution in [0.4, 0.5) is 11.6 Å². The van der Waals surface area contributed by atoms with Crippen LogP contribution in [0, 0.1) is 5.92 Å². The molecule has 0 radical (unpaired) electrons. The summed E-state index contributed by atoms with van der Waals surface area (Å²) in [4.78, 5) is 25.7. The summed E-state index contributed by atoms with van der Waals surface area (Å²) < 4.78 is 79.6. The van der Waals surface area contributed by atoms with Crippen molar-refractivity contribution in [1.82, 2.24) is 19.4 Å². The van der Waals surface area contributed by atoms with Gasteiger partial charge in [-0.1, -0.05) is 39.1 Å². The highest BCUT2D eigenvalue weighted by molar-refractivity contribution is 9.11. The molecule has 0 saturated heterocycles. The summed E-state index contributed by atoms with van der Waals surface area (Å²) in [6, 6.07) is 17.8. The topological polar surface area (TPSA) is 247 Å². The number of nitrogens with zero attached hydrogens (tertiary/aromatic N) is 4. The van der Waals surface area contributed by atoms with Crippen LogP contribution in [0.2, 0.25) is 5.82 Å². The lowest BCUT2D eigenvalue weighted by Gasteiger charge is -2.25. The molecule has 18 nitrogen and oxygen atoms in total. The van der Waals surface area contributed by atoms with Gasteiger partial charge in [0.25, 0.3) is 31.2 Å². The average Bonchev–Trinajstić information content (AvgIpc) is 4.24. The van der Waals surface area contributed by atoms with E-state index in [2.05, 4.69) is 44.7 Å². The third-order valence-corrected chi connectivity index (χ3v) is 15.9. The van der Waals surface area contributed by atoms with Gasteiger partial charge in [-0.05, 0) is 90.8 Å². The predicted octanol–water partition coefficient (Wildman–Crippen LogP) is 7.59. The van der Waals surface area contributed by atoms with E-state index in [-0.39, 0.29) is 68.9 Å². The van der Waals surface area contributed by atoms with Gasteiger partial charge >= 0.3 is 7.12 Å². The van der Waals surface area contributed by atoms with E-state index < -0.39 is 27.2 Å². The average molecular weight is 1140 g/mol. The normalized spacial score (nSPS) is 17.9. The van der Waals surface area contributed by atoms with E-state index in [4.69, 9.17) is 42.7 Å². The second kappa shape index (κ2) is 22.8. The molecule has 2 unspecified atom stereocenters. The highest BCUT2D eigenvalue weighted by atomic mass is 79.9. The van der Waals surface area contributed by atoms with Gasteiger partial charge in [0.1, 0.15) is 24.0 Å². The van der Waals surface area contributed by atoms with E-state index in [9.17, 15) is 26.4 Å². The predicted molar refractivity (Wildman–Crippen MR) is 283 cm³/mol. The molecule has 4 heterocycles. The Bertz CT molecular complexity index is 3360. The van der Waals surface area contributed by atoms with Gasteiger partial charge in [0.05, 0.1) is 57.2 Å². The largest absolute Gasteiger partial charge is 0.495 e. The summed E-state index contributed by atoms with van der Waals surface area (Å²) in [7, 11) is -5.73. The van der Waals surface area contributed by atoms with Gasteiger partial charge in [-0.2, -0.15) is 19.8 Å². The summed E-state index contributed by atoms with van der Waals surface area (Å²) in [6.07, 6.45) is 11.2. The first-order valence-corrected chi connectivity index (χ1v) is 25.6. The van der Waals surface area contributed by atoms with Gasteiger partial charge < -0.3 is 28.6 Å². The number of hydrogen-bond acceptors (Lipinski definition) is 14. The van der Waals surface area contributed by atoms with Gasteiger partial charge in [0, 0.05) is 52.4 Å². The molecule has 2 aromatic carbocycles. The number of aromatic nitrogens is 4. The van der Waals surface area contributed by atoms with E-state index in [0.29, 0.717) is 63.5 Å². The number of nitrogens with one attached hydrogen (secondary N) is 2. The summed E-state index contributed by atoms with van der Waals surface area (Å²) in [6.45, 7) is 0. The van der Waals surface area contributed by atoms with Crippen molar-refractivity contribution in [2.75, 3.05) is 23.7 Å². The van der Waals surface area contributed by atoms with Crippen molar-refractivity contribution in [3.63, 3.8) is 0 Å². The fraction of sp³-hybridized carbons (Fsp3) is 0.273. The SMILES string of the molecule is COC1=C(n2c(=O)ccc3cc(S(=O)(=O)Nc4ccon4)ccc32)C[C@@H](Cl)C(Br)=C1.COC1=C(n2c(=O)ccc3cc(S(=O)(=O)Nc4ccon4)ccc32)C[C@@H](Cl)C(C2CC2)=C1.OB(O)C1CC1.P.P. The van der Waals surface area contributed by atoms with Crippen LogP contribution in [0.15, 0.2) is 147 Å². The van der Waals surface area contributed by atoms with Crippen LogP contribution < -0.4 is 20.6 Å². The molecule has 0 spiro atoms. The maximum atomic E-state index is 12.9. The van der Waals surface area contributed by atoms with Crippen LogP contribution in [-0.4, -0.2) is 78.4 Å². The first-order valence-electron chi connectivity index (χ1n) is 20.9. The second-order valence-corrected chi connectivity index (χ2v) is 21.3. The fourth-order valence-corrected chi connectivity index (χ4v) is 10.6. The third kappa shape index (κ3) is 12.3. The lowest BCUT2D eigenvalue weighted by molar-refractivity contribution is 0.303. The molecule has 70 heavy (non-hydrogen) atoms. The molecule has 6 aromatic rings. The molecule has 0 bridgehead atoms. The highest BCUT2D eigenvalue weighted by Gasteiger charge is 2.35. The number of halogens is 3. The molecule has 4 aliphatic carbocycles. The number of pyridine rings is 2. The maximum Gasteiger partial charge on any atom is 0.454 e. The number of fused-ring (bicyclic) bond motifs is 2. The number of methoxy groups -OCH3 is 2. The Labute approximate surface area is 427 Å². The van der Waals surface area contributed by atoms with Gasteiger partial charge in [-0.15, -0.1) is 23.2 Å². The molecule has 372 valence electrons. The Morgan fingerprint density at radius 3 is 1.53 bits per heavy atom. The van der Waals surface area contributed by atoms with Gasteiger partial charge in [-0.3, -0.25) is 28.2 Å². The fourth-order valence-electron chi connectivity index (χ4n) is 7.58. The van der Waals surface area contributed by atoms with Gasteiger partial charge in [0.2, 0.25) is 0 Å². The molecular weight excluding hydrogens is 1090 g/mol. The number of allylic oxidation sites excluding steroid dienone is 6. The zero-order valence-corrected chi connectivity index (χ0v) is 45.1. The smallest absolute Gasteiger partial charge is 0.454 e. The van der Waals surface area contributed by atoms with Crippen molar-refractivity contribution >= 4 is 131 Å². The van der Waals surface area contributed by atoms with E-state index in [1.54, 1.807) is 42.0 Å². The Morgan fingerprint density at radius 2 is 1.14 bits per heavy atom. The van der Waals surface area contributed by atoms with Crippen LogP contribution in [0.25, 0.3) is 33.2 Å². The van der Waals surface area contributed by atoms with Crippen molar-refractivity contribution in [2.24, 2.45) is 5.92 Å². The Hall–Kier alpha value is -4.76. The van der Waals surface area contributed by atoms with Crippen LogP contribution in [0.1, 0.15) is 38.5 Å². The van der Waals surface area contributed by atoms with E-state index in [1.165, 1.54) is 72.7 Å². The summed E-state index contributed by atoms with van der Waals surface area (Å²) in [5, 5.41) is 24.2. The van der Waals surface area contributed by atoms with Crippen molar-refractivity contribution in [3.8, 4) is 0 Å². The molecule has 4 atom stereocenters. The summed E-state index contributed by atoms with van der Waals surface area (Å²) in [5.41, 5.74) is 2.96. The number of ether oxygens (including phenoxy) is 2. The summed E-state index contributed by atoms with van der Waals surface area (Å²) in [5.74, 6) is 1.95. The molecular formula is C44H48BBrCl2N6O12P2S2. The van der Waals surface area contributed by atoms with Gasteiger partial charge in [0.15, 0.2) is 11.6 Å². The molecule has 2 saturated carbocycles. The minimum Gasteiger partial charge on any atom is -0.495 e. The van der Waals surface area contributed by atoms with Crippen LogP contribution >= 0.6 is 58.9 Å². The highest BCUT2D eigenvalue weighted by Crippen LogP contribution is 2.45. The van der Waals surface area contributed by atoms with Crippen molar-refractivity contribution in [2.45, 2.75) is 64.9 Å². The van der Waals surface area contributed by atoms with Crippen LogP contribution in [0.5, 0.6) is 0 Å². The molecule has 4 aliphatic rings. The van der Waals surface area contributed by atoms with Crippen molar-refractivity contribution in [3.05, 3.63) is 140 Å². The van der Waals surface area contributed by atoms with E-state index >= 15 is 0 Å². The third-order valence-electron chi connectivity index (χ3n) is 11.3. The monoisotopic (exact) mass is 1140 g/mol.